The van der Waals surface area contributed by atoms with Gasteiger partial charge in [-0.05, 0) is 35.4 Å². The molecule has 126 valence electrons. The number of hydrogen-bond acceptors (Lipinski definition) is 3. The van der Waals surface area contributed by atoms with Gasteiger partial charge in [-0.25, -0.2) is 13.8 Å². The van der Waals surface area contributed by atoms with Gasteiger partial charge in [0.2, 0.25) is 0 Å². The Morgan fingerprint density at radius 3 is 2.32 bits per heavy atom. The number of benzene rings is 2. The quantitative estimate of drug-likeness (QED) is 0.868. The fourth-order valence-corrected chi connectivity index (χ4v) is 2.33. The van der Waals surface area contributed by atoms with Crippen LogP contribution in [0.5, 0.6) is 5.75 Å². The summed E-state index contributed by atoms with van der Waals surface area (Å²) in [5, 5.41) is 9.12. The van der Waals surface area contributed by atoms with Crippen molar-refractivity contribution in [2.45, 2.75) is 0 Å². The molecule has 0 aromatic heterocycles. The van der Waals surface area contributed by atoms with E-state index < -0.39 is 17.4 Å². The molecule has 2 aromatic rings. The van der Waals surface area contributed by atoms with Gasteiger partial charge in [-0.2, -0.15) is 0 Å². The molecule has 1 amide bonds. The van der Waals surface area contributed by atoms with Crippen LogP contribution >= 0.6 is 0 Å². The molecule has 0 atom stereocenters. The van der Waals surface area contributed by atoms with Gasteiger partial charge < -0.3 is 5.11 Å². The van der Waals surface area contributed by atoms with Crippen LogP contribution in [0.3, 0.4) is 0 Å². The van der Waals surface area contributed by atoms with E-state index >= 15 is 0 Å². The summed E-state index contributed by atoms with van der Waals surface area (Å²) in [6.07, 6.45) is 4.77. The Hall–Kier alpha value is -3.28. The van der Waals surface area contributed by atoms with Crippen LogP contribution in [0.25, 0.3) is 12.2 Å². The second-order valence-electron chi connectivity index (χ2n) is 5.44. The summed E-state index contributed by atoms with van der Waals surface area (Å²) in [5.74, 6) is -3.22. The third-order valence-corrected chi connectivity index (χ3v) is 3.67. The molecular formula is C19H14F2N2O2. The Kier molecular flexibility index (Phi) is 4.43. The Balaban J connectivity index is 1.91. The van der Waals surface area contributed by atoms with Crippen LogP contribution in [0.4, 0.5) is 8.78 Å². The van der Waals surface area contributed by atoms with Crippen LogP contribution in [0.15, 0.2) is 59.2 Å². The maximum absolute atomic E-state index is 13.4. The number of rotatable bonds is 3. The molecule has 6 heteroatoms. The maximum atomic E-state index is 13.4. The molecule has 1 aliphatic rings. The monoisotopic (exact) mass is 340 g/mol. The van der Waals surface area contributed by atoms with E-state index in [0.29, 0.717) is 5.84 Å². The molecule has 0 spiro atoms. The Morgan fingerprint density at radius 1 is 1.04 bits per heavy atom. The van der Waals surface area contributed by atoms with E-state index in [4.69, 9.17) is 5.11 Å². The van der Waals surface area contributed by atoms with Crippen molar-refractivity contribution in [3.63, 3.8) is 0 Å². The molecule has 1 aliphatic heterocycles. The molecule has 0 aliphatic carbocycles. The summed E-state index contributed by atoms with van der Waals surface area (Å²) >= 11 is 0. The highest BCUT2D eigenvalue weighted by molar-refractivity contribution is 6.18. The third-order valence-electron chi connectivity index (χ3n) is 3.67. The van der Waals surface area contributed by atoms with Gasteiger partial charge >= 0.3 is 0 Å². The lowest BCUT2D eigenvalue weighted by Crippen LogP contribution is -2.26. The topological polar surface area (TPSA) is 52.9 Å². The number of likely N-dealkylation sites (N-methyl/N-ethyl adjacent to an activating group) is 1. The predicted octanol–water partition coefficient (Wildman–Crippen LogP) is 3.60. The number of phenolic OH excluding ortho intramolecular Hbond substituents is 1. The second-order valence-corrected chi connectivity index (χ2v) is 5.44. The molecule has 0 radical (unpaired) electrons. The minimum absolute atomic E-state index is 0.0553. The van der Waals surface area contributed by atoms with E-state index in [-0.39, 0.29) is 17.2 Å². The lowest BCUT2D eigenvalue weighted by atomic mass is 10.1. The number of carbonyl (C=O) groups excluding carboxylic acids is 1. The lowest BCUT2D eigenvalue weighted by Gasteiger charge is -2.07. The smallest absolute Gasteiger partial charge is 0.277 e. The van der Waals surface area contributed by atoms with Crippen LogP contribution in [-0.2, 0) is 4.79 Å². The predicted molar refractivity (Wildman–Crippen MR) is 91.7 cm³/mol. The fourth-order valence-electron chi connectivity index (χ4n) is 2.33. The van der Waals surface area contributed by atoms with E-state index in [1.54, 1.807) is 13.1 Å². The second kappa shape index (κ2) is 6.68. The van der Waals surface area contributed by atoms with Crippen molar-refractivity contribution in [2.75, 3.05) is 7.05 Å². The van der Waals surface area contributed by atoms with Gasteiger partial charge in [0.25, 0.3) is 5.91 Å². The van der Waals surface area contributed by atoms with Gasteiger partial charge in [0.15, 0.2) is 17.4 Å². The molecule has 0 fully saturated rings. The zero-order chi connectivity index (χ0) is 18.0. The van der Waals surface area contributed by atoms with Crippen molar-refractivity contribution in [3.05, 3.63) is 77.0 Å². The number of halogens is 2. The van der Waals surface area contributed by atoms with E-state index in [1.165, 1.54) is 11.0 Å². The first-order valence-corrected chi connectivity index (χ1v) is 7.45. The number of amides is 1. The Labute approximate surface area is 143 Å². The molecule has 0 unspecified atom stereocenters. The summed E-state index contributed by atoms with van der Waals surface area (Å²) < 4.78 is 26.8. The van der Waals surface area contributed by atoms with Gasteiger partial charge in [0.05, 0.1) is 0 Å². The minimum Gasteiger partial charge on any atom is -0.503 e. The Morgan fingerprint density at radius 2 is 1.68 bits per heavy atom. The maximum Gasteiger partial charge on any atom is 0.277 e. The van der Waals surface area contributed by atoms with Gasteiger partial charge in [-0.15, -0.1) is 0 Å². The van der Waals surface area contributed by atoms with Crippen LogP contribution in [0.1, 0.15) is 11.1 Å². The largest absolute Gasteiger partial charge is 0.503 e. The summed E-state index contributed by atoms with van der Waals surface area (Å²) in [5.41, 5.74) is 1.10. The zero-order valence-corrected chi connectivity index (χ0v) is 13.3. The van der Waals surface area contributed by atoms with Crippen molar-refractivity contribution >= 4 is 23.9 Å². The molecule has 0 saturated carbocycles. The standard InChI is InChI=1S/C19H14F2N2O2/c1-23-17(8-7-12-5-3-2-4-6-12)22-16(19(23)25)11-13-9-14(20)18(24)15(21)10-13/h2-11,24H,1H3/b8-7+,16-11+. The normalized spacial score (nSPS) is 16.1. The number of carbonyl (C=O) groups is 1. The highest BCUT2D eigenvalue weighted by Crippen LogP contribution is 2.24. The molecule has 1 heterocycles. The van der Waals surface area contributed by atoms with Gasteiger partial charge in [-0.1, -0.05) is 36.4 Å². The summed E-state index contributed by atoms with van der Waals surface area (Å²) in [7, 11) is 1.56. The molecule has 0 bridgehead atoms. The van der Waals surface area contributed by atoms with Gasteiger partial charge in [-0.3, -0.25) is 9.69 Å². The van der Waals surface area contributed by atoms with Crippen molar-refractivity contribution in [1.82, 2.24) is 4.90 Å². The van der Waals surface area contributed by atoms with Crippen LogP contribution in [-0.4, -0.2) is 28.8 Å². The van der Waals surface area contributed by atoms with E-state index in [0.717, 1.165) is 17.7 Å². The molecule has 4 nitrogen and oxygen atoms in total. The summed E-state index contributed by atoms with van der Waals surface area (Å²) in [6.45, 7) is 0. The number of nitrogens with zero attached hydrogens (tertiary/aromatic N) is 2. The van der Waals surface area contributed by atoms with Crippen molar-refractivity contribution < 1.29 is 18.7 Å². The van der Waals surface area contributed by atoms with E-state index in [1.807, 2.05) is 36.4 Å². The van der Waals surface area contributed by atoms with Crippen LogP contribution in [0, 0.1) is 11.6 Å². The summed E-state index contributed by atoms with van der Waals surface area (Å²) in [6, 6.07) is 11.4. The SMILES string of the molecule is CN1C(=O)/C(=C\c2cc(F)c(O)c(F)c2)N=C1/C=C/c1ccccc1. The first-order chi connectivity index (χ1) is 12.0. The van der Waals surface area contributed by atoms with Gasteiger partial charge in [0, 0.05) is 7.05 Å². The fraction of sp³-hybridized carbons (Fsp3) is 0.0526. The van der Waals surface area contributed by atoms with Gasteiger partial charge in [0.1, 0.15) is 11.5 Å². The number of phenols is 1. The number of aromatic hydroxyl groups is 1. The van der Waals surface area contributed by atoms with Crippen molar-refractivity contribution in [2.24, 2.45) is 4.99 Å². The highest BCUT2D eigenvalue weighted by atomic mass is 19.1. The first-order valence-electron chi connectivity index (χ1n) is 7.45. The van der Waals surface area contributed by atoms with E-state index in [2.05, 4.69) is 4.99 Å². The molecule has 1 N–H and O–H groups in total. The Bertz CT molecular complexity index is 895. The number of hydrogen-bond donors (Lipinski definition) is 1. The first kappa shape index (κ1) is 16.6. The van der Waals surface area contributed by atoms with Crippen molar-refractivity contribution in [3.8, 4) is 5.75 Å². The van der Waals surface area contributed by atoms with Crippen molar-refractivity contribution in [1.29, 1.82) is 0 Å². The lowest BCUT2D eigenvalue weighted by molar-refractivity contribution is -0.121. The zero-order valence-electron chi connectivity index (χ0n) is 13.3. The molecule has 25 heavy (non-hydrogen) atoms. The molecule has 3 rings (SSSR count). The number of amidine groups is 1. The number of aliphatic imine (C=N–C) groups is 1. The average Bonchev–Trinajstić information content (AvgIpc) is 2.86. The average molecular weight is 340 g/mol. The van der Waals surface area contributed by atoms with Crippen LogP contribution < -0.4 is 0 Å². The molecular weight excluding hydrogens is 326 g/mol. The molecule has 2 aromatic carbocycles. The van der Waals surface area contributed by atoms with Crippen LogP contribution in [0.2, 0.25) is 0 Å². The molecule has 0 saturated heterocycles. The minimum atomic E-state index is -1.10. The third kappa shape index (κ3) is 3.47. The summed E-state index contributed by atoms with van der Waals surface area (Å²) in [4.78, 5) is 17.8. The highest BCUT2D eigenvalue weighted by Gasteiger charge is 2.25. The van der Waals surface area contributed by atoms with E-state index in [9.17, 15) is 13.6 Å².